The normalized spacial score (nSPS) is 27.6. The molecule has 0 N–H and O–H groups in total. The molecule has 0 spiro atoms. The standard InChI is InChI=1S/C43H74O15/c1-9-13-17-18-22-26-36(47)54-40-39(53-35(46)25-21-16-12-4)38(52-34(45)24-20-15-11-3)30(27-48-33(44)23-19-14-10-2)51-41(40)58-50-29-32-37(57-43(7,8)56-32)31-28-49-42(5,6)55-31/h30-32,37-41H,9-29H2,1-8H3/t30-,31+,32-,37-,38-,39+,40+,41+/m1/s1. The highest BCUT2D eigenvalue weighted by Crippen LogP contribution is 2.36. The maximum absolute atomic E-state index is 13.5. The van der Waals surface area contributed by atoms with Gasteiger partial charge in [0.2, 0.25) is 6.29 Å². The second kappa shape index (κ2) is 26.0. The molecular formula is C43H74O15. The number of carbonyl (C=O) groups is 4. The van der Waals surface area contributed by atoms with Crippen molar-refractivity contribution in [2.24, 2.45) is 0 Å². The molecule has 3 heterocycles. The minimum Gasteiger partial charge on any atom is -0.463 e. The minimum atomic E-state index is -1.50. The van der Waals surface area contributed by atoms with Crippen molar-refractivity contribution in [1.82, 2.24) is 0 Å². The highest BCUT2D eigenvalue weighted by Gasteiger charge is 2.55. The Morgan fingerprint density at radius 3 is 1.59 bits per heavy atom. The van der Waals surface area contributed by atoms with Crippen molar-refractivity contribution in [2.75, 3.05) is 19.8 Å². The first kappa shape index (κ1) is 50.0. The molecule has 0 radical (unpaired) electrons. The van der Waals surface area contributed by atoms with E-state index in [1.54, 1.807) is 13.8 Å². The fourth-order valence-corrected chi connectivity index (χ4v) is 7.16. The predicted octanol–water partition coefficient (Wildman–Crippen LogP) is 7.71. The monoisotopic (exact) mass is 831 g/mol. The van der Waals surface area contributed by atoms with Crippen molar-refractivity contribution in [3.05, 3.63) is 0 Å². The van der Waals surface area contributed by atoms with Crippen LogP contribution in [0.4, 0.5) is 0 Å². The third kappa shape index (κ3) is 17.7. The van der Waals surface area contributed by atoms with Crippen LogP contribution in [-0.4, -0.2) is 104 Å². The van der Waals surface area contributed by atoms with Crippen molar-refractivity contribution in [2.45, 2.75) is 232 Å². The average molecular weight is 831 g/mol. The van der Waals surface area contributed by atoms with Crippen LogP contribution in [0.5, 0.6) is 0 Å². The molecule has 15 heteroatoms. The zero-order chi connectivity index (χ0) is 42.6. The van der Waals surface area contributed by atoms with Crippen molar-refractivity contribution >= 4 is 23.9 Å². The SMILES string of the molecule is CCCCCCCC(=O)O[C@@H]1[C@H](OOC[C@H]2OC(C)(C)O[C@@H]2[C@@H]2COC(C)(C)O2)O[C@H](COC(=O)CCCCC)[C@@H](OC(=O)CCCCC)[C@@H]1OC(=O)CCCCC. The molecule has 0 aromatic rings. The molecule has 3 rings (SSSR count). The molecule has 0 bridgehead atoms. The van der Waals surface area contributed by atoms with E-state index in [4.69, 9.17) is 52.4 Å². The molecule has 3 aliphatic rings. The smallest absolute Gasteiger partial charge is 0.306 e. The van der Waals surface area contributed by atoms with Crippen LogP contribution in [0.2, 0.25) is 0 Å². The molecule has 0 unspecified atom stereocenters. The Labute approximate surface area is 346 Å². The van der Waals surface area contributed by atoms with Crippen LogP contribution in [0.3, 0.4) is 0 Å². The first-order chi connectivity index (χ1) is 27.7. The highest BCUT2D eigenvalue weighted by atomic mass is 17.2. The number of rotatable bonds is 28. The van der Waals surface area contributed by atoms with Gasteiger partial charge >= 0.3 is 23.9 Å². The molecule has 3 aliphatic heterocycles. The van der Waals surface area contributed by atoms with Crippen molar-refractivity contribution in [3.8, 4) is 0 Å². The Hall–Kier alpha value is -2.40. The molecule has 58 heavy (non-hydrogen) atoms. The molecule has 336 valence electrons. The van der Waals surface area contributed by atoms with Crippen LogP contribution in [0.15, 0.2) is 0 Å². The first-order valence-electron chi connectivity index (χ1n) is 22.1. The van der Waals surface area contributed by atoms with Crippen LogP contribution >= 0.6 is 0 Å². The van der Waals surface area contributed by atoms with Gasteiger partial charge in [-0.3, -0.25) is 19.2 Å². The van der Waals surface area contributed by atoms with Gasteiger partial charge in [0.05, 0.1) is 6.61 Å². The molecule has 0 aromatic carbocycles. The highest BCUT2D eigenvalue weighted by molar-refractivity contribution is 5.72. The van der Waals surface area contributed by atoms with Crippen LogP contribution in [0, 0.1) is 0 Å². The van der Waals surface area contributed by atoms with Gasteiger partial charge in [0, 0.05) is 25.7 Å². The van der Waals surface area contributed by atoms with Gasteiger partial charge in [-0.05, 0) is 53.4 Å². The summed E-state index contributed by atoms with van der Waals surface area (Å²) in [5.41, 5.74) is 0. The molecule has 3 fully saturated rings. The fourth-order valence-electron chi connectivity index (χ4n) is 7.16. The predicted molar refractivity (Wildman–Crippen MR) is 211 cm³/mol. The van der Waals surface area contributed by atoms with Gasteiger partial charge in [0.1, 0.15) is 37.6 Å². The third-order valence-corrected chi connectivity index (χ3v) is 10.3. The molecule has 0 saturated carbocycles. The second-order valence-corrected chi connectivity index (χ2v) is 16.5. The first-order valence-corrected chi connectivity index (χ1v) is 22.1. The lowest BCUT2D eigenvalue weighted by Gasteiger charge is -2.43. The van der Waals surface area contributed by atoms with Gasteiger partial charge in [0.25, 0.3) is 0 Å². The molecule has 15 nitrogen and oxygen atoms in total. The number of unbranched alkanes of at least 4 members (excludes halogenated alkanes) is 10. The number of carbonyl (C=O) groups excluding carboxylic acids is 4. The van der Waals surface area contributed by atoms with E-state index in [1.165, 1.54) is 0 Å². The lowest BCUT2D eigenvalue weighted by molar-refractivity contribution is -0.429. The summed E-state index contributed by atoms with van der Waals surface area (Å²) >= 11 is 0. The van der Waals surface area contributed by atoms with Gasteiger partial charge in [-0.15, -0.1) is 0 Å². The lowest BCUT2D eigenvalue weighted by Crippen LogP contribution is -2.63. The lowest BCUT2D eigenvalue weighted by atomic mass is 9.98. The van der Waals surface area contributed by atoms with Crippen molar-refractivity contribution in [1.29, 1.82) is 0 Å². The summed E-state index contributed by atoms with van der Waals surface area (Å²) in [6, 6.07) is 0. The summed E-state index contributed by atoms with van der Waals surface area (Å²) in [5, 5.41) is 0. The second-order valence-electron chi connectivity index (χ2n) is 16.5. The number of hydrogen-bond donors (Lipinski definition) is 0. The molecule has 8 atom stereocenters. The summed E-state index contributed by atoms with van der Waals surface area (Å²) in [7, 11) is 0. The van der Waals surface area contributed by atoms with Crippen LogP contribution in [-0.2, 0) is 71.6 Å². The van der Waals surface area contributed by atoms with Gasteiger partial charge in [0.15, 0.2) is 29.9 Å². The molecular weight excluding hydrogens is 756 g/mol. The van der Waals surface area contributed by atoms with E-state index in [0.29, 0.717) is 25.7 Å². The number of ether oxygens (including phenoxy) is 9. The van der Waals surface area contributed by atoms with E-state index >= 15 is 0 Å². The van der Waals surface area contributed by atoms with Gasteiger partial charge in [-0.2, -0.15) is 0 Å². The fraction of sp³-hybridized carbons (Fsp3) is 0.907. The largest absolute Gasteiger partial charge is 0.463 e. The zero-order valence-corrected chi connectivity index (χ0v) is 36.6. The zero-order valence-electron chi connectivity index (χ0n) is 36.6. The summed E-state index contributed by atoms with van der Waals surface area (Å²) in [5.74, 6) is -3.95. The van der Waals surface area contributed by atoms with Crippen LogP contribution < -0.4 is 0 Å². The minimum absolute atomic E-state index is 0.0829. The van der Waals surface area contributed by atoms with Gasteiger partial charge < -0.3 is 42.6 Å². The van der Waals surface area contributed by atoms with Crippen LogP contribution in [0.1, 0.15) is 171 Å². The van der Waals surface area contributed by atoms with E-state index in [-0.39, 0.29) is 45.5 Å². The number of esters is 4. The van der Waals surface area contributed by atoms with Crippen molar-refractivity contribution < 1.29 is 71.6 Å². The van der Waals surface area contributed by atoms with E-state index in [2.05, 4.69) is 6.92 Å². The van der Waals surface area contributed by atoms with E-state index in [1.807, 2.05) is 34.6 Å². The molecule has 0 amide bonds. The average Bonchev–Trinajstić information content (AvgIpc) is 3.69. The van der Waals surface area contributed by atoms with Crippen LogP contribution in [0.25, 0.3) is 0 Å². The third-order valence-electron chi connectivity index (χ3n) is 10.3. The van der Waals surface area contributed by atoms with Crippen molar-refractivity contribution in [3.63, 3.8) is 0 Å². The molecule has 3 saturated heterocycles. The van der Waals surface area contributed by atoms with Gasteiger partial charge in [-0.1, -0.05) is 91.9 Å². The van der Waals surface area contributed by atoms with E-state index in [0.717, 1.165) is 64.2 Å². The van der Waals surface area contributed by atoms with E-state index < -0.39 is 84.5 Å². The maximum atomic E-state index is 13.5. The van der Waals surface area contributed by atoms with Gasteiger partial charge in [-0.25, -0.2) is 9.78 Å². The Morgan fingerprint density at radius 2 is 1.03 bits per heavy atom. The topological polar surface area (TPSA) is 170 Å². The summed E-state index contributed by atoms with van der Waals surface area (Å²) in [6.45, 7) is 15.1. The number of hydrogen-bond acceptors (Lipinski definition) is 15. The molecule has 0 aliphatic carbocycles. The summed E-state index contributed by atoms with van der Waals surface area (Å²) in [6.07, 6.45) is 3.39. The Kier molecular flexibility index (Phi) is 22.4. The van der Waals surface area contributed by atoms with E-state index in [9.17, 15) is 19.2 Å². The summed E-state index contributed by atoms with van der Waals surface area (Å²) < 4.78 is 54.4. The Balaban J connectivity index is 1.93. The Bertz CT molecular complexity index is 1220. The Morgan fingerprint density at radius 1 is 0.534 bits per heavy atom. The summed E-state index contributed by atoms with van der Waals surface area (Å²) in [4.78, 5) is 64.9. The maximum Gasteiger partial charge on any atom is 0.306 e. The quantitative estimate of drug-likeness (QED) is 0.0247. The molecule has 0 aromatic heterocycles.